The maximum absolute atomic E-state index is 13.1. The molecule has 270 valence electrons. The van der Waals surface area contributed by atoms with E-state index in [1.165, 1.54) is 6.33 Å². The van der Waals surface area contributed by atoms with Crippen LogP contribution in [-0.2, 0) is 19.5 Å². The number of rotatable bonds is 11. The summed E-state index contributed by atoms with van der Waals surface area (Å²) < 4.78 is 23.1. The molecule has 7 rings (SSSR count). The summed E-state index contributed by atoms with van der Waals surface area (Å²) in [5.41, 5.74) is 4.26. The van der Waals surface area contributed by atoms with Gasteiger partial charge in [-0.05, 0) is 52.5 Å². The van der Waals surface area contributed by atoms with E-state index in [1.807, 2.05) is 77.4 Å². The standard InChI is InChI=1S/C43H45N5O4Si/c1-30-35(27-50-43(32-21-13-8-14-22-32,33-23-15-9-16-24-33)34-25-17-10-18-26-34)51-41(37(30)52-53(5,6)42(2,3)4)48-29-46-36-38(44-28-45-39(36)48)47-40(49)31-19-11-7-12-20-31/h7-26,28-29,35,37,41H,1,27H2,2-6H3,(H,44,45,47,49)/t35-,37-,41-/m1/s1. The zero-order chi connectivity index (χ0) is 37.2. The predicted octanol–water partition coefficient (Wildman–Crippen LogP) is 8.93. The SMILES string of the molecule is C=C1[C@@H](O[Si](C)(C)C(C)(C)C)[C@H](n2cnc3c(NC(=O)c4ccccc4)ncnc32)O[C@@H]1COC(c1ccccc1)(c1ccccc1)c1ccccc1. The van der Waals surface area contributed by atoms with Gasteiger partial charge in [0.05, 0.1) is 12.9 Å². The predicted molar refractivity (Wildman–Crippen MR) is 210 cm³/mol. The van der Waals surface area contributed by atoms with E-state index in [0.717, 1.165) is 22.3 Å². The van der Waals surface area contributed by atoms with Crippen molar-refractivity contribution in [3.63, 3.8) is 0 Å². The van der Waals surface area contributed by atoms with Crippen molar-refractivity contribution in [1.29, 1.82) is 0 Å². The van der Waals surface area contributed by atoms with Crippen LogP contribution >= 0.6 is 0 Å². The number of amides is 1. The summed E-state index contributed by atoms with van der Waals surface area (Å²) >= 11 is 0. The first-order valence-corrected chi connectivity index (χ1v) is 20.8. The summed E-state index contributed by atoms with van der Waals surface area (Å²) in [4.78, 5) is 26.8. The van der Waals surface area contributed by atoms with Crippen LogP contribution in [0.1, 0.15) is 54.0 Å². The molecule has 1 saturated heterocycles. The van der Waals surface area contributed by atoms with Gasteiger partial charge in [0.2, 0.25) is 0 Å². The van der Waals surface area contributed by atoms with Crippen LogP contribution in [0.15, 0.2) is 146 Å². The highest BCUT2D eigenvalue weighted by Gasteiger charge is 2.49. The van der Waals surface area contributed by atoms with Crippen LogP contribution in [0.3, 0.4) is 0 Å². The first-order valence-electron chi connectivity index (χ1n) is 17.9. The quantitative estimate of drug-likeness (QED) is 0.0810. The summed E-state index contributed by atoms with van der Waals surface area (Å²) in [6.45, 7) is 15.9. The lowest BCUT2D eigenvalue weighted by molar-refractivity contribution is -0.0818. The van der Waals surface area contributed by atoms with E-state index in [0.29, 0.717) is 22.5 Å². The molecule has 1 N–H and O–H groups in total. The topological polar surface area (TPSA) is 100 Å². The Morgan fingerprint density at radius 3 is 1.87 bits per heavy atom. The molecule has 2 aromatic heterocycles. The third-order valence-corrected chi connectivity index (χ3v) is 14.9. The van der Waals surface area contributed by atoms with Crippen molar-refractivity contribution in [2.75, 3.05) is 11.9 Å². The normalized spacial score (nSPS) is 18.0. The Balaban J connectivity index is 1.26. The van der Waals surface area contributed by atoms with Crippen molar-refractivity contribution in [2.45, 2.75) is 62.9 Å². The second-order valence-corrected chi connectivity index (χ2v) is 19.6. The molecule has 10 heteroatoms. The molecule has 1 aliphatic rings. The molecule has 1 amide bonds. The van der Waals surface area contributed by atoms with E-state index in [1.54, 1.807) is 18.5 Å². The Morgan fingerprint density at radius 2 is 1.34 bits per heavy atom. The molecule has 0 unspecified atom stereocenters. The van der Waals surface area contributed by atoms with Gasteiger partial charge in [0.15, 0.2) is 31.5 Å². The van der Waals surface area contributed by atoms with E-state index in [4.69, 9.17) is 13.9 Å². The van der Waals surface area contributed by atoms with Crippen LogP contribution in [0.5, 0.6) is 0 Å². The molecule has 53 heavy (non-hydrogen) atoms. The number of carbonyl (C=O) groups excluding carboxylic acids is 1. The fourth-order valence-corrected chi connectivity index (χ4v) is 7.80. The zero-order valence-electron chi connectivity index (χ0n) is 30.8. The van der Waals surface area contributed by atoms with E-state index >= 15 is 0 Å². The fraction of sp³-hybridized carbons (Fsp3) is 0.256. The molecular weight excluding hydrogens is 679 g/mol. The average molecular weight is 724 g/mol. The van der Waals surface area contributed by atoms with Crippen LogP contribution in [0.2, 0.25) is 18.1 Å². The number of hydrogen-bond acceptors (Lipinski definition) is 7. The van der Waals surface area contributed by atoms with E-state index in [2.05, 4.69) is 97.1 Å². The molecule has 0 spiro atoms. The number of fused-ring (bicyclic) bond motifs is 1. The van der Waals surface area contributed by atoms with Gasteiger partial charge in [-0.3, -0.25) is 9.36 Å². The lowest BCUT2D eigenvalue weighted by Gasteiger charge is -2.39. The highest BCUT2D eigenvalue weighted by Crippen LogP contribution is 2.46. The molecule has 4 aromatic carbocycles. The molecule has 0 saturated carbocycles. The summed E-state index contributed by atoms with van der Waals surface area (Å²) in [5.74, 6) is 0.0141. The smallest absolute Gasteiger partial charge is 0.256 e. The summed E-state index contributed by atoms with van der Waals surface area (Å²) in [6.07, 6.45) is 1.36. The van der Waals surface area contributed by atoms with Gasteiger partial charge >= 0.3 is 0 Å². The number of benzene rings is 4. The molecule has 6 aromatic rings. The number of nitrogens with one attached hydrogen (secondary N) is 1. The van der Waals surface area contributed by atoms with Crippen molar-refractivity contribution in [3.8, 4) is 0 Å². The molecule has 1 aliphatic heterocycles. The molecule has 3 heterocycles. The fourth-order valence-electron chi connectivity index (χ4n) is 6.55. The molecule has 0 bridgehead atoms. The lowest BCUT2D eigenvalue weighted by Crippen LogP contribution is -2.45. The largest absolute Gasteiger partial charge is 0.406 e. The van der Waals surface area contributed by atoms with Crippen molar-refractivity contribution < 1.29 is 18.7 Å². The molecule has 3 atom stereocenters. The van der Waals surface area contributed by atoms with Crippen LogP contribution in [0.25, 0.3) is 11.2 Å². The number of aromatic nitrogens is 4. The highest BCUT2D eigenvalue weighted by atomic mass is 28.4. The number of anilines is 1. The Morgan fingerprint density at radius 1 is 0.811 bits per heavy atom. The summed E-state index contributed by atoms with van der Waals surface area (Å²) in [6, 6.07) is 39.8. The van der Waals surface area contributed by atoms with Crippen molar-refractivity contribution in [3.05, 3.63) is 168 Å². The minimum atomic E-state index is -2.36. The van der Waals surface area contributed by atoms with Gasteiger partial charge in [-0.2, -0.15) is 0 Å². The third-order valence-electron chi connectivity index (χ3n) is 10.5. The average Bonchev–Trinajstić information content (AvgIpc) is 3.74. The van der Waals surface area contributed by atoms with Gasteiger partial charge in [-0.1, -0.05) is 137 Å². The minimum Gasteiger partial charge on any atom is -0.406 e. The van der Waals surface area contributed by atoms with Gasteiger partial charge in [-0.25, -0.2) is 15.0 Å². The zero-order valence-corrected chi connectivity index (χ0v) is 31.8. The van der Waals surface area contributed by atoms with E-state index in [9.17, 15) is 4.79 Å². The second kappa shape index (κ2) is 14.6. The van der Waals surface area contributed by atoms with Crippen LogP contribution in [0.4, 0.5) is 5.82 Å². The van der Waals surface area contributed by atoms with Crippen molar-refractivity contribution in [2.24, 2.45) is 0 Å². The Hall–Kier alpha value is -5.26. The molecule has 0 radical (unpaired) electrons. The first-order chi connectivity index (χ1) is 25.5. The van der Waals surface area contributed by atoms with E-state index in [-0.39, 0.29) is 17.6 Å². The van der Waals surface area contributed by atoms with Gasteiger partial charge < -0.3 is 19.2 Å². The van der Waals surface area contributed by atoms with Gasteiger partial charge in [0, 0.05) is 5.56 Å². The number of ether oxygens (including phenoxy) is 2. The summed E-state index contributed by atoms with van der Waals surface area (Å²) in [5, 5.41) is 2.83. The number of carbonyl (C=O) groups is 1. The van der Waals surface area contributed by atoms with Crippen molar-refractivity contribution >= 4 is 31.2 Å². The number of imidazole rings is 1. The second-order valence-electron chi connectivity index (χ2n) is 14.8. The molecular formula is C43H45N5O4Si. The monoisotopic (exact) mass is 723 g/mol. The lowest BCUT2D eigenvalue weighted by atomic mass is 9.80. The Labute approximate surface area is 311 Å². The third kappa shape index (κ3) is 6.98. The Bertz CT molecular complexity index is 2090. The van der Waals surface area contributed by atoms with Gasteiger partial charge in [0.1, 0.15) is 24.1 Å². The van der Waals surface area contributed by atoms with Crippen LogP contribution in [-0.4, -0.2) is 52.6 Å². The maximum atomic E-state index is 13.1. The number of nitrogens with zero attached hydrogens (tertiary/aromatic N) is 4. The van der Waals surface area contributed by atoms with Crippen LogP contribution < -0.4 is 5.32 Å². The summed E-state index contributed by atoms with van der Waals surface area (Å²) in [7, 11) is -2.36. The first kappa shape index (κ1) is 36.1. The minimum absolute atomic E-state index is 0.0798. The maximum Gasteiger partial charge on any atom is 0.256 e. The van der Waals surface area contributed by atoms with Gasteiger partial charge in [0.25, 0.3) is 5.91 Å². The Kier molecular flexibility index (Phi) is 9.97. The van der Waals surface area contributed by atoms with Crippen molar-refractivity contribution in [1.82, 2.24) is 19.5 Å². The molecule has 0 aliphatic carbocycles. The molecule has 1 fully saturated rings. The van der Waals surface area contributed by atoms with E-state index < -0.39 is 32.4 Å². The molecule has 9 nitrogen and oxygen atoms in total. The number of hydrogen-bond donors (Lipinski definition) is 1. The van der Waals surface area contributed by atoms with Gasteiger partial charge in [-0.15, -0.1) is 0 Å². The van der Waals surface area contributed by atoms with Crippen LogP contribution in [0, 0.1) is 0 Å². The highest BCUT2D eigenvalue weighted by molar-refractivity contribution is 6.74.